The normalized spacial score (nSPS) is 12.4. The van der Waals surface area contributed by atoms with Crippen LogP contribution in [-0.4, -0.2) is 7.11 Å². The molecule has 3 N–H and O–H groups in total. The Hall–Kier alpha value is -0.700. The molecule has 6 heteroatoms. The van der Waals surface area contributed by atoms with E-state index in [9.17, 15) is 4.39 Å². The van der Waals surface area contributed by atoms with Gasteiger partial charge in [-0.1, -0.05) is 6.07 Å². The highest BCUT2D eigenvalue weighted by Gasteiger charge is 2.13. The van der Waals surface area contributed by atoms with Gasteiger partial charge in [0.05, 0.1) is 16.0 Å². The first kappa shape index (κ1) is 14.7. The monoisotopic (exact) mass is 392 g/mol. The molecule has 0 aliphatic carbocycles. The molecule has 1 unspecified atom stereocenters. The molecule has 1 aromatic heterocycles. The first-order valence-electron chi connectivity index (χ1n) is 5.66. The Kier molecular flexibility index (Phi) is 5.14. The van der Waals surface area contributed by atoms with Gasteiger partial charge in [-0.25, -0.2) is 4.39 Å². The molecule has 0 bridgehead atoms. The van der Waals surface area contributed by atoms with Gasteiger partial charge in [-0.3, -0.25) is 11.3 Å². The first-order valence-corrected chi connectivity index (χ1v) is 7.62. The van der Waals surface area contributed by atoms with Gasteiger partial charge in [0.15, 0.2) is 11.6 Å². The molecule has 102 valence electrons. The lowest BCUT2D eigenvalue weighted by Gasteiger charge is -2.15. The van der Waals surface area contributed by atoms with E-state index in [1.165, 1.54) is 16.1 Å². The van der Waals surface area contributed by atoms with Crippen LogP contribution in [0.5, 0.6) is 5.75 Å². The third kappa shape index (κ3) is 3.65. The summed E-state index contributed by atoms with van der Waals surface area (Å²) >= 11 is 3.93. The van der Waals surface area contributed by atoms with Crippen LogP contribution in [0.25, 0.3) is 0 Å². The van der Waals surface area contributed by atoms with Crippen LogP contribution in [0, 0.1) is 8.70 Å². The van der Waals surface area contributed by atoms with Gasteiger partial charge in [0.1, 0.15) is 0 Å². The molecular weight excluding hydrogens is 378 g/mol. The molecule has 19 heavy (non-hydrogen) atoms. The van der Waals surface area contributed by atoms with Gasteiger partial charge in [-0.2, -0.15) is 0 Å². The second-order valence-electron chi connectivity index (χ2n) is 4.08. The highest BCUT2D eigenvalue weighted by Crippen LogP contribution is 2.26. The van der Waals surface area contributed by atoms with Gasteiger partial charge in [0, 0.05) is 0 Å². The van der Waals surface area contributed by atoms with E-state index < -0.39 is 0 Å². The SMILES string of the molecule is COc1ccc(CC(NN)c2csc(I)c2)cc1F. The summed E-state index contributed by atoms with van der Waals surface area (Å²) in [6.45, 7) is 0. The molecule has 2 rings (SSSR count). The molecule has 0 saturated carbocycles. The minimum atomic E-state index is -0.351. The van der Waals surface area contributed by atoms with Crippen molar-refractivity contribution >= 4 is 33.9 Å². The maximum absolute atomic E-state index is 13.6. The summed E-state index contributed by atoms with van der Waals surface area (Å²) in [6.07, 6.45) is 0.629. The molecule has 0 aliphatic rings. The number of nitrogens with one attached hydrogen (secondary N) is 1. The van der Waals surface area contributed by atoms with Crippen LogP contribution in [0.3, 0.4) is 0 Å². The number of benzene rings is 1. The van der Waals surface area contributed by atoms with Gasteiger partial charge < -0.3 is 4.74 Å². The van der Waals surface area contributed by atoms with Crippen molar-refractivity contribution in [3.8, 4) is 5.75 Å². The summed E-state index contributed by atoms with van der Waals surface area (Å²) in [5, 5.41) is 2.06. The van der Waals surface area contributed by atoms with E-state index in [4.69, 9.17) is 10.6 Å². The van der Waals surface area contributed by atoms with Crippen molar-refractivity contribution in [3.63, 3.8) is 0 Å². The molecule has 0 fully saturated rings. The van der Waals surface area contributed by atoms with E-state index in [1.54, 1.807) is 17.4 Å². The first-order chi connectivity index (χ1) is 9.13. The third-order valence-electron chi connectivity index (χ3n) is 2.85. The second-order valence-corrected chi connectivity index (χ2v) is 6.88. The summed E-state index contributed by atoms with van der Waals surface area (Å²) in [5.41, 5.74) is 4.77. The van der Waals surface area contributed by atoms with E-state index in [0.717, 1.165) is 11.1 Å². The van der Waals surface area contributed by atoms with Gasteiger partial charge in [-0.15, -0.1) is 11.3 Å². The second kappa shape index (κ2) is 6.65. The van der Waals surface area contributed by atoms with Gasteiger partial charge >= 0.3 is 0 Å². The Morgan fingerprint density at radius 2 is 2.26 bits per heavy atom. The standard InChI is InChI=1S/C13H14FIN2OS/c1-18-12-3-2-8(4-10(12)14)5-11(17-16)9-6-13(15)19-7-9/h2-4,6-7,11,17H,5,16H2,1H3. The van der Waals surface area contributed by atoms with Gasteiger partial charge in [0.25, 0.3) is 0 Å². The average molecular weight is 392 g/mol. The maximum atomic E-state index is 13.6. The van der Waals surface area contributed by atoms with Crippen molar-refractivity contribution in [3.05, 3.63) is 49.5 Å². The van der Waals surface area contributed by atoms with Crippen LogP contribution in [-0.2, 0) is 6.42 Å². The van der Waals surface area contributed by atoms with Crippen LogP contribution in [0.2, 0.25) is 0 Å². The van der Waals surface area contributed by atoms with Crippen LogP contribution in [0.4, 0.5) is 4.39 Å². The molecule has 0 spiro atoms. The molecule has 0 aliphatic heterocycles. The van der Waals surface area contributed by atoms with Crippen LogP contribution in [0.1, 0.15) is 17.2 Å². The number of thiophene rings is 1. The van der Waals surface area contributed by atoms with Gasteiger partial charge in [0.2, 0.25) is 0 Å². The summed E-state index contributed by atoms with van der Waals surface area (Å²) in [7, 11) is 1.45. The lowest BCUT2D eigenvalue weighted by Crippen LogP contribution is -2.29. The fourth-order valence-electron chi connectivity index (χ4n) is 1.85. The van der Waals surface area contributed by atoms with E-state index in [0.29, 0.717) is 6.42 Å². The predicted molar refractivity (Wildman–Crippen MR) is 83.8 cm³/mol. The fraction of sp³-hybridized carbons (Fsp3) is 0.231. The molecular formula is C13H14FIN2OS. The smallest absolute Gasteiger partial charge is 0.165 e. The van der Waals surface area contributed by atoms with E-state index in [-0.39, 0.29) is 17.6 Å². The lowest BCUT2D eigenvalue weighted by atomic mass is 10.0. The van der Waals surface area contributed by atoms with E-state index in [1.807, 2.05) is 6.07 Å². The number of hydrogen-bond acceptors (Lipinski definition) is 4. The summed E-state index contributed by atoms with van der Waals surface area (Å²) in [4.78, 5) is 0. The Morgan fingerprint density at radius 3 is 2.79 bits per heavy atom. The number of hydrazine groups is 1. The van der Waals surface area contributed by atoms with Crippen LogP contribution < -0.4 is 16.0 Å². The largest absolute Gasteiger partial charge is 0.494 e. The number of hydrogen-bond donors (Lipinski definition) is 2. The van der Waals surface area contributed by atoms with Crippen molar-refractivity contribution in [2.75, 3.05) is 7.11 Å². The average Bonchev–Trinajstić information content (AvgIpc) is 2.82. The molecule has 2 aromatic rings. The number of halogens is 2. The lowest BCUT2D eigenvalue weighted by molar-refractivity contribution is 0.386. The van der Waals surface area contributed by atoms with Gasteiger partial charge in [-0.05, 0) is 63.7 Å². The van der Waals surface area contributed by atoms with Crippen molar-refractivity contribution in [1.29, 1.82) is 0 Å². The van der Waals surface area contributed by atoms with Crippen molar-refractivity contribution < 1.29 is 9.13 Å². The fourth-order valence-corrected chi connectivity index (χ4v) is 3.28. The van der Waals surface area contributed by atoms with Crippen molar-refractivity contribution in [1.82, 2.24) is 5.43 Å². The molecule has 0 radical (unpaired) electrons. The molecule has 1 atom stereocenters. The highest BCUT2D eigenvalue weighted by atomic mass is 127. The number of methoxy groups -OCH3 is 1. The highest BCUT2D eigenvalue weighted by molar-refractivity contribution is 14.1. The van der Waals surface area contributed by atoms with E-state index >= 15 is 0 Å². The molecule has 1 heterocycles. The number of rotatable bonds is 5. The molecule has 1 aromatic carbocycles. The van der Waals surface area contributed by atoms with Crippen LogP contribution in [0.15, 0.2) is 29.6 Å². The zero-order valence-electron chi connectivity index (χ0n) is 10.3. The summed E-state index contributed by atoms with van der Waals surface area (Å²) in [6, 6.07) is 7.03. The topological polar surface area (TPSA) is 47.3 Å². The van der Waals surface area contributed by atoms with Crippen LogP contribution >= 0.6 is 33.9 Å². The molecule has 0 saturated heterocycles. The summed E-state index contributed by atoms with van der Waals surface area (Å²) in [5.74, 6) is 5.49. The Balaban J connectivity index is 2.16. The third-order valence-corrected chi connectivity index (χ3v) is 4.65. The maximum Gasteiger partial charge on any atom is 0.165 e. The Labute approximate surface area is 129 Å². The predicted octanol–water partition coefficient (Wildman–Crippen LogP) is 3.25. The number of nitrogens with two attached hydrogens (primary N) is 1. The van der Waals surface area contributed by atoms with Crippen molar-refractivity contribution in [2.45, 2.75) is 12.5 Å². The minimum Gasteiger partial charge on any atom is -0.494 e. The molecule has 3 nitrogen and oxygen atoms in total. The summed E-state index contributed by atoms with van der Waals surface area (Å²) < 4.78 is 19.7. The van der Waals surface area contributed by atoms with Crippen molar-refractivity contribution in [2.24, 2.45) is 5.84 Å². The zero-order valence-corrected chi connectivity index (χ0v) is 13.3. The molecule has 0 amide bonds. The Morgan fingerprint density at radius 1 is 1.47 bits per heavy atom. The van der Waals surface area contributed by atoms with E-state index in [2.05, 4.69) is 39.5 Å². The minimum absolute atomic E-state index is 0.0208. The zero-order chi connectivity index (χ0) is 13.8. The quantitative estimate of drug-likeness (QED) is 0.467. The Bertz CT molecular complexity index is 561. The number of ether oxygens (including phenoxy) is 1.